The second kappa shape index (κ2) is 8.88. The van der Waals surface area contributed by atoms with Crippen molar-refractivity contribution in [3.05, 3.63) is 53.8 Å². The van der Waals surface area contributed by atoms with Gasteiger partial charge in [0.15, 0.2) is 0 Å². The van der Waals surface area contributed by atoms with Crippen molar-refractivity contribution in [1.82, 2.24) is 5.32 Å². The third-order valence-corrected chi connectivity index (χ3v) is 6.10. The summed E-state index contributed by atoms with van der Waals surface area (Å²) < 4.78 is 17.0. The number of fused-ring (bicyclic) bond motifs is 1. The summed E-state index contributed by atoms with van der Waals surface area (Å²) in [6.07, 6.45) is 7.93. The minimum atomic E-state index is -0.0515. The molecule has 2 aromatic carbocycles. The highest BCUT2D eigenvalue weighted by molar-refractivity contribution is 6.01. The van der Waals surface area contributed by atoms with Gasteiger partial charge >= 0.3 is 0 Å². The van der Waals surface area contributed by atoms with Crippen LogP contribution in [0.25, 0.3) is 27.7 Å². The Labute approximate surface area is 183 Å². The second-order valence-corrected chi connectivity index (χ2v) is 8.16. The number of hydrogen-bond acceptors (Lipinski definition) is 4. The van der Waals surface area contributed by atoms with Gasteiger partial charge in [-0.3, -0.25) is 4.79 Å². The molecule has 0 atom stereocenters. The van der Waals surface area contributed by atoms with Crippen LogP contribution in [0.5, 0.6) is 11.5 Å². The molecule has 1 fully saturated rings. The van der Waals surface area contributed by atoms with Gasteiger partial charge < -0.3 is 19.2 Å². The second-order valence-electron chi connectivity index (χ2n) is 8.16. The molecule has 1 saturated carbocycles. The molecule has 0 bridgehead atoms. The van der Waals surface area contributed by atoms with Crippen LogP contribution < -0.4 is 14.8 Å². The highest BCUT2D eigenvalue weighted by Gasteiger charge is 2.20. The van der Waals surface area contributed by atoms with Gasteiger partial charge in [-0.2, -0.15) is 0 Å². The molecule has 0 saturated heterocycles. The van der Waals surface area contributed by atoms with E-state index in [2.05, 4.69) is 5.32 Å². The van der Waals surface area contributed by atoms with E-state index in [9.17, 15) is 4.79 Å². The van der Waals surface area contributed by atoms with E-state index < -0.39 is 0 Å². The van der Waals surface area contributed by atoms with Gasteiger partial charge in [0.05, 0.1) is 20.5 Å². The zero-order valence-electron chi connectivity index (χ0n) is 18.6. The average molecular weight is 420 g/mol. The SMILES string of the molecule is COc1cccc(-c2coc3c(C)c(OC)c(/C(C)=C/C(=O)NC4CCCC4)cc23)c1. The third-order valence-electron chi connectivity index (χ3n) is 6.10. The molecule has 1 aromatic heterocycles. The molecule has 1 amide bonds. The van der Waals surface area contributed by atoms with Crippen molar-refractivity contribution in [2.24, 2.45) is 0 Å². The van der Waals surface area contributed by atoms with Crippen molar-refractivity contribution in [2.45, 2.75) is 45.6 Å². The standard InChI is InChI=1S/C26H29NO4/c1-16(12-24(28)27-19-9-5-6-10-19)21-14-22-23(18-8-7-11-20(13-18)29-3)15-31-26(22)17(2)25(21)30-4/h7-8,11-15,19H,5-6,9-10H2,1-4H3,(H,27,28)/b16-12+. The molecular formula is C26H29NO4. The van der Waals surface area contributed by atoms with E-state index in [0.29, 0.717) is 0 Å². The maximum atomic E-state index is 12.6. The van der Waals surface area contributed by atoms with Gasteiger partial charge in [0, 0.05) is 34.2 Å². The summed E-state index contributed by atoms with van der Waals surface area (Å²) in [5.41, 5.74) is 5.42. The zero-order valence-corrected chi connectivity index (χ0v) is 18.6. The van der Waals surface area contributed by atoms with E-state index in [-0.39, 0.29) is 11.9 Å². The van der Waals surface area contributed by atoms with Crippen molar-refractivity contribution in [3.8, 4) is 22.6 Å². The van der Waals surface area contributed by atoms with Crippen LogP contribution in [0.15, 0.2) is 47.1 Å². The normalized spacial score (nSPS) is 14.8. The minimum absolute atomic E-state index is 0.0515. The van der Waals surface area contributed by atoms with Crippen LogP contribution >= 0.6 is 0 Å². The Balaban J connectivity index is 1.77. The van der Waals surface area contributed by atoms with Crippen LogP contribution in [0.3, 0.4) is 0 Å². The van der Waals surface area contributed by atoms with E-state index in [1.165, 1.54) is 12.8 Å². The summed E-state index contributed by atoms with van der Waals surface area (Å²) in [5.74, 6) is 1.46. The predicted molar refractivity (Wildman–Crippen MR) is 124 cm³/mol. The van der Waals surface area contributed by atoms with Crippen LogP contribution in [0.2, 0.25) is 0 Å². The molecule has 1 aliphatic carbocycles. The number of aryl methyl sites for hydroxylation is 1. The first-order chi connectivity index (χ1) is 15.0. The third kappa shape index (κ3) is 4.18. The van der Waals surface area contributed by atoms with Crippen LogP contribution in [0.1, 0.15) is 43.7 Å². The summed E-state index contributed by atoms with van der Waals surface area (Å²) in [6.45, 7) is 3.93. The number of carbonyl (C=O) groups excluding carboxylic acids is 1. The van der Waals surface area contributed by atoms with Crippen molar-refractivity contribution in [2.75, 3.05) is 14.2 Å². The molecule has 3 aromatic rings. The summed E-state index contributed by atoms with van der Waals surface area (Å²) in [6, 6.07) is 10.2. The van der Waals surface area contributed by atoms with Crippen LogP contribution in [0.4, 0.5) is 0 Å². The number of amides is 1. The Kier molecular flexibility index (Phi) is 6.03. The monoisotopic (exact) mass is 419 g/mol. The number of ether oxygens (including phenoxy) is 2. The van der Waals surface area contributed by atoms with Crippen LogP contribution in [0, 0.1) is 6.92 Å². The Morgan fingerprint density at radius 3 is 2.65 bits per heavy atom. The first kappa shape index (κ1) is 21.0. The number of furan rings is 1. The highest BCUT2D eigenvalue weighted by atomic mass is 16.5. The maximum absolute atomic E-state index is 12.6. The molecule has 0 unspecified atom stereocenters. The van der Waals surface area contributed by atoms with Gasteiger partial charge in [0.25, 0.3) is 0 Å². The van der Waals surface area contributed by atoms with Crippen LogP contribution in [-0.2, 0) is 4.79 Å². The fraction of sp³-hybridized carbons (Fsp3) is 0.346. The Morgan fingerprint density at radius 1 is 1.16 bits per heavy atom. The number of hydrogen-bond donors (Lipinski definition) is 1. The average Bonchev–Trinajstić information content (AvgIpc) is 3.43. The van der Waals surface area contributed by atoms with Gasteiger partial charge in [-0.15, -0.1) is 0 Å². The van der Waals surface area contributed by atoms with E-state index in [4.69, 9.17) is 13.9 Å². The predicted octanol–water partition coefficient (Wildman–Crippen LogP) is 5.89. The van der Waals surface area contributed by atoms with Crippen molar-refractivity contribution >= 4 is 22.4 Å². The topological polar surface area (TPSA) is 60.7 Å². The molecule has 5 heteroatoms. The summed E-state index contributed by atoms with van der Waals surface area (Å²) >= 11 is 0. The molecule has 1 aliphatic rings. The molecular weight excluding hydrogens is 390 g/mol. The van der Waals surface area contributed by atoms with E-state index in [1.807, 2.05) is 44.2 Å². The number of benzene rings is 2. The highest BCUT2D eigenvalue weighted by Crippen LogP contribution is 2.41. The largest absolute Gasteiger partial charge is 0.497 e. The lowest BCUT2D eigenvalue weighted by molar-refractivity contribution is -0.117. The fourth-order valence-electron chi connectivity index (χ4n) is 4.47. The van der Waals surface area contributed by atoms with Crippen LogP contribution in [-0.4, -0.2) is 26.2 Å². The van der Waals surface area contributed by atoms with Crippen molar-refractivity contribution < 1.29 is 18.7 Å². The van der Waals surface area contributed by atoms with Gasteiger partial charge in [-0.25, -0.2) is 0 Å². The molecule has 0 spiro atoms. The molecule has 4 rings (SSSR count). The molecule has 1 N–H and O–H groups in total. The molecule has 0 aliphatic heterocycles. The lowest BCUT2D eigenvalue weighted by Crippen LogP contribution is -2.31. The Bertz CT molecular complexity index is 1140. The zero-order chi connectivity index (χ0) is 22.0. The van der Waals surface area contributed by atoms with Crippen molar-refractivity contribution in [1.29, 1.82) is 0 Å². The quantitative estimate of drug-likeness (QED) is 0.506. The summed E-state index contributed by atoms with van der Waals surface area (Å²) in [5, 5.41) is 4.10. The molecule has 31 heavy (non-hydrogen) atoms. The fourth-order valence-corrected chi connectivity index (χ4v) is 4.47. The van der Waals surface area contributed by atoms with Crippen molar-refractivity contribution in [3.63, 3.8) is 0 Å². The van der Waals surface area contributed by atoms with Gasteiger partial charge in [0.2, 0.25) is 5.91 Å². The number of allylic oxidation sites excluding steroid dienone is 1. The molecule has 5 nitrogen and oxygen atoms in total. The lowest BCUT2D eigenvalue weighted by atomic mass is 9.96. The molecule has 162 valence electrons. The first-order valence-corrected chi connectivity index (χ1v) is 10.7. The maximum Gasteiger partial charge on any atom is 0.244 e. The van der Waals surface area contributed by atoms with Gasteiger partial charge in [-0.1, -0.05) is 25.0 Å². The number of nitrogens with one attached hydrogen (secondary N) is 1. The van der Waals surface area contributed by atoms with Gasteiger partial charge in [-0.05, 0) is 56.0 Å². The Hall–Kier alpha value is -3.21. The number of rotatable bonds is 6. The number of carbonyl (C=O) groups is 1. The first-order valence-electron chi connectivity index (χ1n) is 10.7. The Morgan fingerprint density at radius 2 is 1.94 bits per heavy atom. The number of methoxy groups -OCH3 is 2. The molecule has 0 radical (unpaired) electrons. The summed E-state index contributed by atoms with van der Waals surface area (Å²) in [4.78, 5) is 12.6. The van der Waals surface area contributed by atoms with Gasteiger partial charge in [0.1, 0.15) is 17.1 Å². The lowest BCUT2D eigenvalue weighted by Gasteiger charge is -2.14. The van der Waals surface area contributed by atoms with E-state index >= 15 is 0 Å². The summed E-state index contributed by atoms with van der Waals surface area (Å²) in [7, 11) is 3.31. The van der Waals surface area contributed by atoms with E-state index in [0.717, 1.165) is 63.1 Å². The molecule has 1 heterocycles. The smallest absolute Gasteiger partial charge is 0.244 e. The minimum Gasteiger partial charge on any atom is -0.497 e. The van der Waals surface area contributed by atoms with E-state index in [1.54, 1.807) is 26.6 Å².